The normalized spacial score (nSPS) is 40.9. The molecule has 2 amide bonds. The number of nitrogens with one attached hydrogen (secondary N) is 2. The van der Waals surface area contributed by atoms with Gasteiger partial charge >= 0.3 is 6.09 Å². The van der Waals surface area contributed by atoms with Crippen LogP contribution in [0.25, 0.3) is 0 Å². The Kier molecular flexibility index (Phi) is 7.57. The summed E-state index contributed by atoms with van der Waals surface area (Å²) in [6, 6.07) is 0.158. The second kappa shape index (κ2) is 10.1. The maximum Gasteiger partial charge on any atom is 0.407 e. The standard InChI is InChI=1S/C25H41N3O6/c1-15(2)5-10-19-24(3,34-19)22-21(31-4)18(11-12-25(22)14-32-25)33-23(30)28-17-8-6-16(7-9-17)27-20(29)13-26/h5,16-19,21-22H,6-14,26H2,1-4H3,(H,27,29)(H,28,30)/t16-,17-,18?,19-,21?,22?,24?,25+/m1/s1. The van der Waals surface area contributed by atoms with Crippen molar-refractivity contribution in [2.45, 2.75) is 107 Å². The van der Waals surface area contributed by atoms with Crippen LogP contribution in [-0.2, 0) is 23.7 Å². The first-order valence-corrected chi connectivity index (χ1v) is 12.7. The van der Waals surface area contributed by atoms with Gasteiger partial charge in [-0.25, -0.2) is 4.79 Å². The highest BCUT2D eigenvalue weighted by molar-refractivity contribution is 5.78. The zero-order chi connectivity index (χ0) is 24.5. The molecular formula is C25H41N3O6. The van der Waals surface area contributed by atoms with Crippen molar-refractivity contribution in [3.8, 4) is 0 Å². The van der Waals surface area contributed by atoms with Crippen LogP contribution < -0.4 is 16.4 Å². The Hall–Kier alpha value is -1.68. The number of methoxy groups -OCH3 is 1. The molecule has 4 N–H and O–H groups in total. The molecule has 9 nitrogen and oxygen atoms in total. The number of alkyl carbamates (subject to hydrolysis) is 1. The van der Waals surface area contributed by atoms with Gasteiger partial charge in [0.05, 0.1) is 25.2 Å². The van der Waals surface area contributed by atoms with Crippen LogP contribution in [0.5, 0.6) is 0 Å². The minimum Gasteiger partial charge on any atom is -0.443 e. The second-order valence-corrected chi connectivity index (χ2v) is 10.8. The van der Waals surface area contributed by atoms with Gasteiger partial charge in [0, 0.05) is 19.2 Å². The van der Waals surface area contributed by atoms with Crippen LogP contribution in [0.1, 0.15) is 65.7 Å². The van der Waals surface area contributed by atoms with Crippen molar-refractivity contribution in [3.63, 3.8) is 0 Å². The first-order valence-electron chi connectivity index (χ1n) is 12.7. The number of carbonyl (C=O) groups excluding carboxylic acids is 2. The second-order valence-electron chi connectivity index (χ2n) is 10.8. The first kappa shape index (κ1) is 25.4. The number of epoxide rings is 2. The third-order valence-electron chi connectivity index (χ3n) is 8.10. The van der Waals surface area contributed by atoms with Gasteiger partial charge < -0.3 is 35.3 Å². The number of ether oxygens (including phenoxy) is 4. The smallest absolute Gasteiger partial charge is 0.407 e. The van der Waals surface area contributed by atoms with Crippen LogP contribution in [0.2, 0.25) is 0 Å². The predicted octanol–water partition coefficient (Wildman–Crippen LogP) is 2.18. The average molecular weight is 480 g/mol. The lowest BCUT2D eigenvalue weighted by molar-refractivity contribution is -0.120. The van der Waals surface area contributed by atoms with Gasteiger partial charge in [-0.1, -0.05) is 11.6 Å². The van der Waals surface area contributed by atoms with Crippen molar-refractivity contribution in [1.29, 1.82) is 0 Å². The molecule has 34 heavy (non-hydrogen) atoms. The number of amides is 2. The lowest BCUT2D eigenvalue weighted by Crippen LogP contribution is -2.56. The number of hydrogen-bond donors (Lipinski definition) is 3. The molecule has 0 radical (unpaired) electrons. The third kappa shape index (κ3) is 5.42. The molecule has 4 fully saturated rings. The van der Waals surface area contributed by atoms with Gasteiger partial charge in [-0.05, 0) is 65.7 Å². The summed E-state index contributed by atoms with van der Waals surface area (Å²) in [5, 5.41) is 5.95. The molecule has 4 unspecified atom stereocenters. The molecule has 192 valence electrons. The summed E-state index contributed by atoms with van der Waals surface area (Å²) in [5.74, 6) is -0.129. The quantitative estimate of drug-likeness (QED) is 0.360. The van der Waals surface area contributed by atoms with Crippen LogP contribution in [0.15, 0.2) is 11.6 Å². The van der Waals surface area contributed by atoms with E-state index in [4.69, 9.17) is 24.7 Å². The molecule has 2 saturated carbocycles. The van der Waals surface area contributed by atoms with Crippen molar-refractivity contribution in [1.82, 2.24) is 10.6 Å². The predicted molar refractivity (Wildman–Crippen MR) is 126 cm³/mol. The molecule has 0 bridgehead atoms. The van der Waals surface area contributed by atoms with Crippen molar-refractivity contribution >= 4 is 12.0 Å². The van der Waals surface area contributed by atoms with E-state index < -0.39 is 6.09 Å². The number of allylic oxidation sites excluding steroid dienone is 1. The van der Waals surface area contributed by atoms with Gasteiger partial charge in [0.25, 0.3) is 0 Å². The van der Waals surface area contributed by atoms with E-state index in [0.29, 0.717) is 13.0 Å². The number of rotatable bonds is 8. The average Bonchev–Trinajstić information content (AvgIpc) is 3.72. The van der Waals surface area contributed by atoms with E-state index in [1.807, 2.05) is 0 Å². The molecular weight excluding hydrogens is 438 g/mol. The molecule has 2 aliphatic carbocycles. The largest absolute Gasteiger partial charge is 0.443 e. The SMILES string of the molecule is COC1C(OC(=O)N[C@H]2CC[C@H](NC(=O)CN)CC2)CC[C@]2(CO2)C1C1(C)O[C@@H]1CC=C(C)C. The molecule has 4 aliphatic rings. The summed E-state index contributed by atoms with van der Waals surface area (Å²) in [4.78, 5) is 24.3. The zero-order valence-electron chi connectivity index (χ0n) is 20.9. The number of carbonyl (C=O) groups is 2. The van der Waals surface area contributed by atoms with Gasteiger partial charge in [-0.3, -0.25) is 4.79 Å². The fourth-order valence-electron chi connectivity index (χ4n) is 6.08. The topological polar surface area (TPSA) is 128 Å². The fraction of sp³-hybridized carbons (Fsp3) is 0.840. The van der Waals surface area contributed by atoms with Gasteiger partial charge in [0.15, 0.2) is 0 Å². The lowest BCUT2D eigenvalue weighted by atomic mass is 9.68. The Labute approximate surface area is 202 Å². The van der Waals surface area contributed by atoms with Crippen LogP contribution >= 0.6 is 0 Å². The van der Waals surface area contributed by atoms with Crippen molar-refractivity contribution < 1.29 is 28.5 Å². The van der Waals surface area contributed by atoms with E-state index in [1.165, 1.54) is 5.57 Å². The van der Waals surface area contributed by atoms with E-state index >= 15 is 0 Å². The highest BCUT2D eigenvalue weighted by atomic mass is 16.6. The Bertz CT molecular complexity index is 788. The molecule has 0 aromatic carbocycles. The number of nitrogens with two attached hydrogens (primary N) is 1. The van der Waals surface area contributed by atoms with Crippen molar-refractivity contribution in [2.75, 3.05) is 20.3 Å². The summed E-state index contributed by atoms with van der Waals surface area (Å²) in [6.45, 7) is 7.03. The summed E-state index contributed by atoms with van der Waals surface area (Å²) < 4.78 is 24.1. The van der Waals surface area contributed by atoms with Crippen LogP contribution in [0.4, 0.5) is 4.79 Å². The van der Waals surface area contributed by atoms with E-state index in [9.17, 15) is 9.59 Å². The van der Waals surface area contributed by atoms with E-state index in [-0.39, 0.29) is 60.0 Å². The Morgan fingerprint density at radius 1 is 1.12 bits per heavy atom. The first-order chi connectivity index (χ1) is 16.2. The maximum absolute atomic E-state index is 12.8. The summed E-state index contributed by atoms with van der Waals surface area (Å²) in [7, 11) is 1.68. The van der Waals surface area contributed by atoms with Gasteiger partial charge in [-0.2, -0.15) is 0 Å². The molecule has 1 spiro atoms. The van der Waals surface area contributed by atoms with Gasteiger partial charge in [0.1, 0.15) is 23.4 Å². The fourth-order valence-corrected chi connectivity index (χ4v) is 6.08. The molecule has 9 heteroatoms. The summed E-state index contributed by atoms with van der Waals surface area (Å²) >= 11 is 0. The van der Waals surface area contributed by atoms with Crippen LogP contribution in [0.3, 0.4) is 0 Å². The number of hydrogen-bond acceptors (Lipinski definition) is 7. The summed E-state index contributed by atoms with van der Waals surface area (Å²) in [5.41, 5.74) is 6.06. The van der Waals surface area contributed by atoms with E-state index in [2.05, 4.69) is 37.5 Å². The lowest BCUT2D eigenvalue weighted by Gasteiger charge is -2.42. The highest BCUT2D eigenvalue weighted by Crippen LogP contribution is 2.59. The van der Waals surface area contributed by atoms with Gasteiger partial charge in [0.2, 0.25) is 5.91 Å². The molecule has 2 aliphatic heterocycles. The zero-order valence-corrected chi connectivity index (χ0v) is 20.9. The molecule has 2 saturated heterocycles. The molecule has 2 heterocycles. The minimum atomic E-state index is -0.407. The van der Waals surface area contributed by atoms with Crippen molar-refractivity contribution in [2.24, 2.45) is 11.7 Å². The third-order valence-corrected chi connectivity index (χ3v) is 8.10. The molecule has 0 aromatic heterocycles. The maximum atomic E-state index is 12.8. The highest BCUT2D eigenvalue weighted by Gasteiger charge is 2.72. The Balaban J connectivity index is 1.32. The monoisotopic (exact) mass is 479 g/mol. The van der Waals surface area contributed by atoms with E-state index in [1.54, 1.807) is 7.11 Å². The summed E-state index contributed by atoms with van der Waals surface area (Å²) in [6.07, 6.45) is 6.88. The van der Waals surface area contributed by atoms with Crippen molar-refractivity contribution in [3.05, 3.63) is 11.6 Å². The van der Waals surface area contributed by atoms with Gasteiger partial charge in [-0.15, -0.1) is 0 Å². The molecule has 4 rings (SSSR count). The molecule has 0 aromatic rings. The Morgan fingerprint density at radius 3 is 2.32 bits per heavy atom. The Morgan fingerprint density at radius 2 is 1.76 bits per heavy atom. The minimum absolute atomic E-state index is 0.000341. The van der Waals surface area contributed by atoms with Crippen LogP contribution in [-0.4, -0.2) is 73.9 Å². The van der Waals surface area contributed by atoms with E-state index in [0.717, 1.165) is 38.5 Å². The van der Waals surface area contributed by atoms with Crippen LogP contribution in [0, 0.1) is 5.92 Å². The molecule has 6 atom stereocenters.